The van der Waals surface area contributed by atoms with Gasteiger partial charge in [0.25, 0.3) is 0 Å². The van der Waals surface area contributed by atoms with Crippen LogP contribution in [0.25, 0.3) is 0 Å². The largest absolute Gasteiger partial charge is 0.477 e. The number of carboxylic acids is 1. The summed E-state index contributed by atoms with van der Waals surface area (Å²) in [6.45, 7) is 7.61. The minimum Gasteiger partial charge on any atom is -0.477 e. The number of nitrogens with zero attached hydrogens (tertiary/aromatic N) is 2. The smallest absolute Gasteiger partial charge is 0.359 e. The maximum atomic E-state index is 12.6. The SMILES string of the molecule is CCC(C)(CCCCC(C)N1CCCC1=O)C(=O)OCC[N+](C)(C)CC(=O)O. The van der Waals surface area contributed by atoms with E-state index in [4.69, 9.17) is 9.84 Å². The minimum absolute atomic E-state index is 0.000299. The first-order valence-electron chi connectivity index (χ1n) is 10.5. The fourth-order valence-electron chi connectivity index (χ4n) is 3.67. The van der Waals surface area contributed by atoms with Crippen LogP contribution < -0.4 is 0 Å². The Kier molecular flexibility index (Phi) is 9.40. The van der Waals surface area contributed by atoms with Crippen molar-refractivity contribution in [2.75, 3.05) is 40.3 Å². The van der Waals surface area contributed by atoms with Gasteiger partial charge in [-0.15, -0.1) is 0 Å². The number of likely N-dealkylation sites (N-methyl/N-ethyl adjacent to an activating group) is 1. The Morgan fingerprint density at radius 2 is 2.00 bits per heavy atom. The Labute approximate surface area is 169 Å². The normalized spacial score (nSPS) is 18.0. The molecule has 2 atom stereocenters. The molecule has 2 unspecified atom stereocenters. The first kappa shape index (κ1) is 24.4. The molecule has 1 aliphatic heterocycles. The van der Waals surface area contributed by atoms with E-state index in [0.29, 0.717) is 19.4 Å². The Morgan fingerprint density at radius 1 is 1.32 bits per heavy atom. The number of aliphatic carboxylic acids is 1. The van der Waals surface area contributed by atoms with Gasteiger partial charge in [0.2, 0.25) is 5.91 Å². The van der Waals surface area contributed by atoms with Gasteiger partial charge >= 0.3 is 11.9 Å². The second-order valence-electron chi connectivity index (χ2n) is 9.05. The number of unbranched alkanes of at least 4 members (excludes halogenated alkanes) is 1. The standard InChI is InChI=1S/C21H38N2O5/c1-6-21(3,20(27)28-15-14-23(4,5)16-19(25)26)12-8-7-10-17(2)22-13-9-11-18(22)24/h17H,6-16H2,1-5H3/p+1. The Balaban J connectivity index is 2.36. The number of likely N-dealkylation sites (tertiary alicyclic amines) is 1. The molecular formula is C21H39N2O5+. The Morgan fingerprint density at radius 3 is 2.54 bits per heavy atom. The highest BCUT2D eigenvalue weighted by molar-refractivity contribution is 5.78. The number of ether oxygens (including phenoxy) is 1. The summed E-state index contributed by atoms with van der Waals surface area (Å²) in [4.78, 5) is 37.2. The van der Waals surface area contributed by atoms with Crippen LogP contribution in [0.1, 0.15) is 65.7 Å². The van der Waals surface area contributed by atoms with E-state index >= 15 is 0 Å². The summed E-state index contributed by atoms with van der Waals surface area (Å²) in [5.74, 6) is -0.800. The molecule has 1 heterocycles. The molecule has 1 saturated heterocycles. The molecule has 0 bridgehead atoms. The summed E-state index contributed by atoms with van der Waals surface area (Å²) in [6.07, 6.45) is 5.97. The van der Waals surface area contributed by atoms with Crippen molar-refractivity contribution in [3.05, 3.63) is 0 Å². The van der Waals surface area contributed by atoms with Crippen LogP contribution in [-0.4, -0.2) is 78.7 Å². The third-order valence-corrected chi connectivity index (χ3v) is 6.01. The van der Waals surface area contributed by atoms with Gasteiger partial charge in [0.05, 0.1) is 19.5 Å². The molecule has 162 valence electrons. The van der Waals surface area contributed by atoms with Gasteiger partial charge < -0.3 is 19.2 Å². The van der Waals surface area contributed by atoms with E-state index in [1.165, 1.54) is 0 Å². The highest BCUT2D eigenvalue weighted by atomic mass is 16.5. The second kappa shape index (κ2) is 10.8. The molecule has 1 fully saturated rings. The lowest BCUT2D eigenvalue weighted by Crippen LogP contribution is -2.46. The maximum absolute atomic E-state index is 12.6. The quantitative estimate of drug-likeness (QED) is 0.292. The van der Waals surface area contributed by atoms with E-state index in [-0.39, 0.29) is 35.6 Å². The summed E-state index contributed by atoms with van der Waals surface area (Å²) >= 11 is 0. The Hall–Kier alpha value is -1.63. The van der Waals surface area contributed by atoms with E-state index in [2.05, 4.69) is 6.92 Å². The van der Waals surface area contributed by atoms with Crippen LogP contribution in [0, 0.1) is 5.41 Å². The number of hydrogen-bond donors (Lipinski definition) is 1. The lowest BCUT2D eigenvalue weighted by atomic mass is 9.82. The monoisotopic (exact) mass is 399 g/mol. The number of hydrogen-bond acceptors (Lipinski definition) is 4. The summed E-state index contributed by atoms with van der Waals surface area (Å²) in [5, 5.41) is 8.92. The summed E-state index contributed by atoms with van der Waals surface area (Å²) in [5.41, 5.74) is -0.517. The molecule has 1 amide bonds. The number of carboxylic acid groups (broad SMARTS) is 1. The van der Waals surface area contributed by atoms with Gasteiger partial charge in [-0.05, 0) is 39.5 Å². The topological polar surface area (TPSA) is 83.9 Å². The molecule has 7 heteroatoms. The third kappa shape index (κ3) is 7.78. The summed E-state index contributed by atoms with van der Waals surface area (Å²) in [6, 6.07) is 0.268. The lowest BCUT2D eigenvalue weighted by molar-refractivity contribution is -0.883. The van der Waals surface area contributed by atoms with E-state index in [9.17, 15) is 14.4 Å². The number of carbonyl (C=O) groups is 3. The van der Waals surface area contributed by atoms with Crippen LogP contribution in [0.4, 0.5) is 0 Å². The predicted molar refractivity (Wildman–Crippen MR) is 108 cm³/mol. The first-order chi connectivity index (χ1) is 13.0. The van der Waals surface area contributed by atoms with Crippen molar-refractivity contribution in [3.8, 4) is 0 Å². The van der Waals surface area contributed by atoms with Crippen LogP contribution in [0.5, 0.6) is 0 Å². The zero-order valence-electron chi connectivity index (χ0n) is 18.3. The van der Waals surface area contributed by atoms with Crippen molar-refractivity contribution < 1.29 is 28.7 Å². The average molecular weight is 400 g/mol. The average Bonchev–Trinajstić information content (AvgIpc) is 3.02. The molecule has 1 N–H and O–H groups in total. The Bertz CT molecular complexity index is 549. The molecule has 0 radical (unpaired) electrons. The van der Waals surface area contributed by atoms with Crippen LogP contribution >= 0.6 is 0 Å². The zero-order chi connectivity index (χ0) is 21.4. The van der Waals surface area contributed by atoms with Gasteiger partial charge in [0, 0.05) is 19.0 Å². The van der Waals surface area contributed by atoms with Crippen LogP contribution in [-0.2, 0) is 19.1 Å². The number of rotatable bonds is 13. The molecule has 0 aromatic carbocycles. The number of quaternary nitrogens is 1. The highest BCUT2D eigenvalue weighted by Gasteiger charge is 2.33. The zero-order valence-corrected chi connectivity index (χ0v) is 18.3. The molecule has 28 heavy (non-hydrogen) atoms. The van der Waals surface area contributed by atoms with E-state index in [1.54, 1.807) is 0 Å². The van der Waals surface area contributed by atoms with Crippen molar-refractivity contribution in [3.63, 3.8) is 0 Å². The fourth-order valence-corrected chi connectivity index (χ4v) is 3.67. The maximum Gasteiger partial charge on any atom is 0.359 e. The number of carbonyl (C=O) groups excluding carboxylic acids is 2. The molecule has 0 aromatic rings. The van der Waals surface area contributed by atoms with E-state index < -0.39 is 11.4 Å². The van der Waals surface area contributed by atoms with Gasteiger partial charge in [-0.1, -0.05) is 19.8 Å². The lowest BCUT2D eigenvalue weighted by Gasteiger charge is -2.30. The molecule has 0 saturated carbocycles. The van der Waals surface area contributed by atoms with Gasteiger partial charge in [0.1, 0.15) is 13.2 Å². The highest BCUT2D eigenvalue weighted by Crippen LogP contribution is 2.30. The second-order valence-corrected chi connectivity index (χ2v) is 9.05. The third-order valence-electron chi connectivity index (χ3n) is 6.01. The van der Waals surface area contributed by atoms with Crippen LogP contribution in [0.15, 0.2) is 0 Å². The van der Waals surface area contributed by atoms with Crippen molar-refractivity contribution in [2.45, 2.75) is 71.8 Å². The van der Waals surface area contributed by atoms with Crippen molar-refractivity contribution in [1.29, 1.82) is 0 Å². The molecule has 7 nitrogen and oxygen atoms in total. The van der Waals surface area contributed by atoms with Crippen molar-refractivity contribution >= 4 is 17.8 Å². The van der Waals surface area contributed by atoms with Crippen molar-refractivity contribution in [2.24, 2.45) is 5.41 Å². The fraction of sp³-hybridized carbons (Fsp3) is 0.857. The molecule has 0 aromatic heterocycles. The van der Waals surface area contributed by atoms with Gasteiger partial charge in [-0.25, -0.2) is 4.79 Å². The molecule has 1 aliphatic rings. The minimum atomic E-state index is -0.861. The molecule has 0 spiro atoms. The van der Waals surface area contributed by atoms with Gasteiger partial charge in [-0.2, -0.15) is 0 Å². The summed E-state index contributed by atoms with van der Waals surface area (Å²) in [7, 11) is 3.63. The number of amides is 1. The number of esters is 1. The van der Waals surface area contributed by atoms with E-state index in [0.717, 1.165) is 38.6 Å². The molecule has 1 rings (SSSR count). The van der Waals surface area contributed by atoms with Crippen LogP contribution in [0.2, 0.25) is 0 Å². The van der Waals surface area contributed by atoms with Crippen LogP contribution in [0.3, 0.4) is 0 Å². The van der Waals surface area contributed by atoms with Gasteiger partial charge in [0.15, 0.2) is 6.54 Å². The predicted octanol–water partition coefficient (Wildman–Crippen LogP) is 2.68. The first-order valence-corrected chi connectivity index (χ1v) is 10.5. The van der Waals surface area contributed by atoms with Gasteiger partial charge in [-0.3, -0.25) is 9.59 Å². The van der Waals surface area contributed by atoms with Crippen molar-refractivity contribution in [1.82, 2.24) is 4.90 Å². The molecular weight excluding hydrogens is 360 g/mol. The summed E-state index contributed by atoms with van der Waals surface area (Å²) < 4.78 is 5.76. The van der Waals surface area contributed by atoms with E-state index in [1.807, 2.05) is 32.8 Å². The molecule has 0 aliphatic carbocycles.